The minimum absolute atomic E-state index is 0.0403. The van der Waals surface area contributed by atoms with Crippen LogP contribution >= 0.6 is 0 Å². The summed E-state index contributed by atoms with van der Waals surface area (Å²) in [6.45, 7) is 3.16. The molecule has 7 heteroatoms. The molecule has 0 bridgehead atoms. The first-order valence-electron chi connectivity index (χ1n) is 5.86. The van der Waals surface area contributed by atoms with Crippen LogP contribution in [0.4, 0.5) is 14.9 Å². The second-order valence-corrected chi connectivity index (χ2v) is 6.60. The van der Waals surface area contributed by atoms with E-state index in [4.69, 9.17) is 0 Å². The van der Waals surface area contributed by atoms with Crippen LogP contribution < -0.4 is 10.6 Å². The van der Waals surface area contributed by atoms with Gasteiger partial charge in [0.15, 0.2) is 9.84 Å². The number of halogens is 1. The molecule has 0 aliphatic carbocycles. The summed E-state index contributed by atoms with van der Waals surface area (Å²) in [5.74, 6) is -0.466. The van der Waals surface area contributed by atoms with E-state index in [1.165, 1.54) is 24.3 Å². The first-order valence-corrected chi connectivity index (χ1v) is 7.68. The van der Waals surface area contributed by atoms with Gasteiger partial charge in [-0.3, -0.25) is 0 Å². The van der Waals surface area contributed by atoms with Gasteiger partial charge in [-0.1, -0.05) is 6.92 Å². The molecule has 5 nitrogen and oxygen atoms in total. The summed E-state index contributed by atoms with van der Waals surface area (Å²) < 4.78 is 35.4. The van der Waals surface area contributed by atoms with E-state index in [2.05, 4.69) is 10.6 Å². The van der Waals surface area contributed by atoms with Gasteiger partial charge in [-0.2, -0.15) is 0 Å². The van der Waals surface area contributed by atoms with E-state index in [1.54, 1.807) is 13.8 Å². The monoisotopic (exact) mass is 288 g/mol. The summed E-state index contributed by atoms with van der Waals surface area (Å²) in [5, 5.41) is 5.00. The van der Waals surface area contributed by atoms with Gasteiger partial charge in [0, 0.05) is 17.5 Å². The zero-order valence-corrected chi connectivity index (χ0v) is 11.6. The van der Waals surface area contributed by atoms with Crippen molar-refractivity contribution in [2.75, 3.05) is 16.8 Å². The van der Waals surface area contributed by atoms with E-state index in [9.17, 15) is 17.6 Å². The molecule has 0 heterocycles. The number of benzene rings is 1. The smallest absolute Gasteiger partial charge is 0.319 e. The molecule has 0 radical (unpaired) electrons. The molecule has 0 spiro atoms. The van der Waals surface area contributed by atoms with E-state index in [1.807, 2.05) is 0 Å². The van der Waals surface area contributed by atoms with Crippen molar-refractivity contribution in [3.63, 3.8) is 0 Å². The van der Waals surface area contributed by atoms with Crippen LogP contribution in [0, 0.1) is 5.82 Å². The molecule has 106 valence electrons. The molecule has 0 fully saturated rings. The van der Waals surface area contributed by atoms with Crippen LogP contribution in [-0.4, -0.2) is 32.0 Å². The van der Waals surface area contributed by atoms with Gasteiger partial charge in [0.1, 0.15) is 5.82 Å². The van der Waals surface area contributed by atoms with Gasteiger partial charge >= 0.3 is 6.03 Å². The van der Waals surface area contributed by atoms with Gasteiger partial charge in [-0.15, -0.1) is 0 Å². The fraction of sp³-hybridized carbons (Fsp3) is 0.417. The molecule has 1 atom stereocenters. The van der Waals surface area contributed by atoms with E-state index in [0.717, 1.165) is 0 Å². The Labute approximate surface area is 112 Å². The van der Waals surface area contributed by atoms with Gasteiger partial charge in [0.25, 0.3) is 0 Å². The minimum Gasteiger partial charge on any atom is -0.334 e. The number of nitrogens with one attached hydrogen (secondary N) is 2. The third kappa shape index (κ3) is 5.69. The summed E-state index contributed by atoms with van der Waals surface area (Å²) in [7, 11) is -3.13. The number of urea groups is 1. The number of hydrogen-bond acceptors (Lipinski definition) is 3. The lowest BCUT2D eigenvalue weighted by Gasteiger charge is -2.14. The molecule has 0 saturated carbocycles. The van der Waals surface area contributed by atoms with Crippen molar-refractivity contribution >= 4 is 21.6 Å². The quantitative estimate of drug-likeness (QED) is 0.867. The molecular formula is C12H17FN2O3S. The van der Waals surface area contributed by atoms with Crippen LogP contribution in [0.15, 0.2) is 24.3 Å². The topological polar surface area (TPSA) is 75.3 Å². The Morgan fingerprint density at radius 3 is 2.42 bits per heavy atom. The molecule has 1 aromatic rings. The first kappa shape index (κ1) is 15.4. The molecule has 1 aromatic carbocycles. The normalized spacial score (nSPS) is 12.8. The molecule has 19 heavy (non-hydrogen) atoms. The standard InChI is InChI=1S/C12H17FN2O3S/c1-3-19(17,18)8-9(2)14-12(16)15-11-6-4-10(13)5-7-11/h4-7,9H,3,8H2,1-2H3,(H2,14,15,16). The zero-order chi connectivity index (χ0) is 14.5. The SMILES string of the molecule is CCS(=O)(=O)CC(C)NC(=O)Nc1ccc(F)cc1. The lowest BCUT2D eigenvalue weighted by Crippen LogP contribution is -2.40. The summed E-state index contributed by atoms with van der Waals surface area (Å²) >= 11 is 0. The van der Waals surface area contributed by atoms with Crippen LogP contribution in [0.2, 0.25) is 0 Å². The maximum Gasteiger partial charge on any atom is 0.319 e. The molecular weight excluding hydrogens is 271 g/mol. The molecule has 1 rings (SSSR count). The fourth-order valence-electron chi connectivity index (χ4n) is 1.46. The predicted octanol–water partition coefficient (Wildman–Crippen LogP) is 1.77. The first-order chi connectivity index (χ1) is 8.82. The van der Waals surface area contributed by atoms with Gasteiger partial charge in [0.05, 0.1) is 5.75 Å². The average Bonchev–Trinajstić information content (AvgIpc) is 2.31. The van der Waals surface area contributed by atoms with Gasteiger partial charge in [-0.05, 0) is 31.2 Å². The maximum atomic E-state index is 12.7. The van der Waals surface area contributed by atoms with Crippen LogP contribution in [0.25, 0.3) is 0 Å². The third-order valence-corrected chi connectivity index (χ3v) is 4.31. The highest BCUT2D eigenvalue weighted by atomic mass is 32.2. The Kier molecular flexibility index (Phi) is 5.29. The number of sulfone groups is 1. The number of carbonyl (C=O) groups excluding carboxylic acids is 1. The minimum atomic E-state index is -3.13. The van der Waals surface area contributed by atoms with Crippen LogP contribution in [0.3, 0.4) is 0 Å². The van der Waals surface area contributed by atoms with E-state index in [0.29, 0.717) is 5.69 Å². The predicted molar refractivity (Wildman–Crippen MR) is 72.3 cm³/mol. The Balaban J connectivity index is 2.49. The second kappa shape index (κ2) is 6.51. The van der Waals surface area contributed by atoms with E-state index < -0.39 is 27.7 Å². The lowest BCUT2D eigenvalue weighted by atomic mass is 10.3. The second-order valence-electron chi connectivity index (χ2n) is 4.21. The molecule has 0 saturated heterocycles. The Bertz CT molecular complexity index is 528. The highest BCUT2D eigenvalue weighted by molar-refractivity contribution is 7.91. The Morgan fingerprint density at radius 1 is 1.32 bits per heavy atom. The number of rotatable bonds is 5. The van der Waals surface area contributed by atoms with E-state index >= 15 is 0 Å². The Morgan fingerprint density at radius 2 is 1.89 bits per heavy atom. The van der Waals surface area contributed by atoms with Gasteiger partial charge in [-0.25, -0.2) is 17.6 Å². The van der Waals surface area contributed by atoms with Crippen LogP contribution in [-0.2, 0) is 9.84 Å². The van der Waals surface area contributed by atoms with Crippen molar-refractivity contribution in [1.82, 2.24) is 5.32 Å². The highest BCUT2D eigenvalue weighted by Crippen LogP contribution is 2.07. The molecule has 0 aromatic heterocycles. The summed E-state index contributed by atoms with van der Waals surface area (Å²) in [6, 6.07) is 4.27. The number of carbonyl (C=O) groups is 1. The lowest BCUT2D eigenvalue weighted by molar-refractivity contribution is 0.250. The average molecular weight is 288 g/mol. The summed E-state index contributed by atoms with van der Waals surface area (Å²) in [5.41, 5.74) is 0.435. The number of hydrogen-bond donors (Lipinski definition) is 2. The third-order valence-electron chi connectivity index (χ3n) is 2.42. The van der Waals surface area contributed by atoms with Crippen LogP contribution in [0.1, 0.15) is 13.8 Å². The zero-order valence-electron chi connectivity index (χ0n) is 10.8. The summed E-state index contributed by atoms with van der Waals surface area (Å²) in [6.07, 6.45) is 0. The highest BCUT2D eigenvalue weighted by Gasteiger charge is 2.15. The van der Waals surface area contributed by atoms with Gasteiger partial charge < -0.3 is 10.6 Å². The molecule has 0 aliphatic rings. The number of amides is 2. The molecule has 2 N–H and O–H groups in total. The molecule has 2 amide bonds. The van der Waals surface area contributed by atoms with Gasteiger partial charge in [0.2, 0.25) is 0 Å². The number of anilines is 1. The molecule has 0 aliphatic heterocycles. The largest absolute Gasteiger partial charge is 0.334 e. The van der Waals surface area contributed by atoms with Crippen molar-refractivity contribution in [1.29, 1.82) is 0 Å². The van der Waals surface area contributed by atoms with E-state index in [-0.39, 0.29) is 11.5 Å². The molecule has 1 unspecified atom stereocenters. The fourth-order valence-corrected chi connectivity index (χ4v) is 2.55. The van der Waals surface area contributed by atoms with Crippen molar-refractivity contribution in [3.05, 3.63) is 30.1 Å². The Hall–Kier alpha value is -1.63. The van der Waals surface area contributed by atoms with Crippen molar-refractivity contribution in [2.45, 2.75) is 19.9 Å². The van der Waals surface area contributed by atoms with Crippen LogP contribution in [0.5, 0.6) is 0 Å². The van der Waals surface area contributed by atoms with Crippen molar-refractivity contribution in [2.24, 2.45) is 0 Å². The van der Waals surface area contributed by atoms with Crippen molar-refractivity contribution in [3.8, 4) is 0 Å². The summed E-state index contributed by atoms with van der Waals surface area (Å²) in [4.78, 5) is 11.6. The maximum absolute atomic E-state index is 12.7. The van der Waals surface area contributed by atoms with Crippen molar-refractivity contribution < 1.29 is 17.6 Å².